The number of likely N-dealkylation sites (tertiary alicyclic amines) is 1. The van der Waals surface area contributed by atoms with E-state index in [1.807, 2.05) is 0 Å². The van der Waals surface area contributed by atoms with Gasteiger partial charge in [0.2, 0.25) is 5.91 Å². The quantitative estimate of drug-likeness (QED) is 0.523. The number of hydrogen-bond donors (Lipinski definition) is 4. The van der Waals surface area contributed by atoms with Crippen LogP contribution in [0.15, 0.2) is 18.2 Å². The SMILES string of the molecule is O=C(O)c1cccc(C[C@H](SCC(=O)N2CCCC2)B(O)O)c1O. The lowest BCUT2D eigenvalue weighted by molar-refractivity contribution is -0.127. The summed E-state index contributed by atoms with van der Waals surface area (Å²) in [6.45, 7) is 1.46. The first kappa shape index (κ1) is 18.6. The third kappa shape index (κ3) is 4.65. The average molecular weight is 353 g/mol. The van der Waals surface area contributed by atoms with Gasteiger partial charge in [-0.2, -0.15) is 11.8 Å². The highest BCUT2D eigenvalue weighted by Crippen LogP contribution is 2.27. The molecule has 0 radical (unpaired) electrons. The lowest BCUT2D eigenvalue weighted by Gasteiger charge is -2.19. The van der Waals surface area contributed by atoms with E-state index in [-0.39, 0.29) is 29.4 Å². The van der Waals surface area contributed by atoms with Gasteiger partial charge in [0, 0.05) is 18.2 Å². The summed E-state index contributed by atoms with van der Waals surface area (Å²) in [4.78, 5) is 24.8. The molecule has 0 unspecified atom stereocenters. The number of hydrogen-bond acceptors (Lipinski definition) is 6. The summed E-state index contributed by atoms with van der Waals surface area (Å²) in [6, 6.07) is 4.29. The molecule has 0 aliphatic carbocycles. The topological polar surface area (TPSA) is 118 Å². The molecule has 1 aliphatic heterocycles. The van der Waals surface area contributed by atoms with Gasteiger partial charge in [0.05, 0.1) is 5.75 Å². The first-order valence-electron chi connectivity index (χ1n) is 7.70. The summed E-state index contributed by atoms with van der Waals surface area (Å²) in [5, 5.41) is 37.3. The highest BCUT2D eigenvalue weighted by atomic mass is 32.2. The van der Waals surface area contributed by atoms with Gasteiger partial charge in [0.25, 0.3) is 0 Å². The second-order valence-electron chi connectivity index (χ2n) is 5.67. The van der Waals surface area contributed by atoms with Crippen LogP contribution in [0, 0.1) is 0 Å². The molecule has 0 bridgehead atoms. The van der Waals surface area contributed by atoms with Crippen molar-refractivity contribution >= 4 is 30.8 Å². The number of aromatic hydroxyl groups is 1. The van der Waals surface area contributed by atoms with Gasteiger partial charge >= 0.3 is 13.1 Å². The first-order valence-corrected chi connectivity index (χ1v) is 8.74. The van der Waals surface area contributed by atoms with Crippen LogP contribution < -0.4 is 0 Å². The zero-order valence-corrected chi connectivity index (χ0v) is 13.9. The predicted molar refractivity (Wildman–Crippen MR) is 91.0 cm³/mol. The Kier molecular flexibility index (Phi) is 6.53. The second kappa shape index (κ2) is 8.41. The molecular weight excluding hydrogens is 333 g/mol. The van der Waals surface area contributed by atoms with Gasteiger partial charge in [-0.05, 0) is 30.9 Å². The van der Waals surface area contributed by atoms with Crippen LogP contribution in [0.5, 0.6) is 5.75 Å². The third-order valence-corrected chi connectivity index (χ3v) is 5.24. The number of carbonyl (C=O) groups is 2. The molecule has 2 rings (SSSR count). The molecule has 1 saturated heterocycles. The molecule has 1 fully saturated rings. The summed E-state index contributed by atoms with van der Waals surface area (Å²) >= 11 is 1.09. The standard InChI is InChI=1S/C15H20BNO6S/c18-13(17-6-1-2-7-17)9-24-12(16(22)23)8-10-4-3-5-11(14(10)19)15(20)21/h3-5,12,19,22-23H,1-2,6-9H2,(H,20,21)/t12-/m0/s1. The Labute approximate surface area is 144 Å². The number of phenols is 1. The highest BCUT2D eigenvalue weighted by Gasteiger charge is 2.28. The molecule has 130 valence electrons. The maximum atomic E-state index is 12.0. The van der Waals surface area contributed by atoms with E-state index in [2.05, 4.69) is 0 Å². The Morgan fingerprint density at radius 3 is 2.50 bits per heavy atom. The average Bonchev–Trinajstić information content (AvgIpc) is 3.06. The van der Waals surface area contributed by atoms with Crippen molar-refractivity contribution in [3.8, 4) is 5.75 Å². The van der Waals surface area contributed by atoms with Crippen LogP contribution in [0.25, 0.3) is 0 Å². The van der Waals surface area contributed by atoms with Gasteiger partial charge in [-0.3, -0.25) is 4.79 Å². The van der Waals surface area contributed by atoms with Crippen molar-refractivity contribution in [2.24, 2.45) is 0 Å². The number of rotatable bonds is 7. The van der Waals surface area contributed by atoms with E-state index in [4.69, 9.17) is 5.11 Å². The van der Waals surface area contributed by atoms with Crippen molar-refractivity contribution in [3.05, 3.63) is 29.3 Å². The molecular formula is C15H20BNO6S. The maximum absolute atomic E-state index is 12.0. The van der Waals surface area contributed by atoms with Crippen LogP contribution in [-0.2, 0) is 11.2 Å². The monoisotopic (exact) mass is 353 g/mol. The van der Waals surface area contributed by atoms with Crippen molar-refractivity contribution < 1.29 is 29.9 Å². The molecule has 0 spiro atoms. The Morgan fingerprint density at radius 1 is 1.25 bits per heavy atom. The Balaban J connectivity index is 2.02. The Bertz CT molecular complexity index is 606. The minimum atomic E-state index is -1.69. The fraction of sp³-hybridized carbons (Fsp3) is 0.467. The molecule has 4 N–H and O–H groups in total. The number of thioether (sulfide) groups is 1. The number of carboxylic acid groups (broad SMARTS) is 1. The van der Waals surface area contributed by atoms with Crippen molar-refractivity contribution in [2.45, 2.75) is 24.4 Å². The Hall–Kier alpha value is -1.71. The van der Waals surface area contributed by atoms with Crippen LogP contribution >= 0.6 is 11.8 Å². The minimum absolute atomic E-state index is 0.0442. The summed E-state index contributed by atoms with van der Waals surface area (Å²) in [6.07, 6.45) is 2.01. The van der Waals surface area contributed by atoms with Crippen molar-refractivity contribution in [3.63, 3.8) is 0 Å². The van der Waals surface area contributed by atoms with E-state index in [1.165, 1.54) is 18.2 Å². The van der Waals surface area contributed by atoms with Gasteiger partial charge in [-0.15, -0.1) is 0 Å². The smallest absolute Gasteiger partial charge is 0.465 e. The largest absolute Gasteiger partial charge is 0.507 e. The third-order valence-electron chi connectivity index (χ3n) is 3.98. The summed E-state index contributed by atoms with van der Waals surface area (Å²) in [5.41, 5.74) is 0.0611. The highest BCUT2D eigenvalue weighted by molar-refractivity contribution is 8.01. The van der Waals surface area contributed by atoms with Gasteiger partial charge in [0.1, 0.15) is 11.3 Å². The molecule has 9 heteroatoms. The van der Waals surface area contributed by atoms with E-state index in [0.717, 1.165) is 37.7 Å². The molecule has 1 atom stereocenters. The minimum Gasteiger partial charge on any atom is -0.507 e. The summed E-state index contributed by atoms with van der Waals surface area (Å²) in [7, 11) is -1.69. The van der Waals surface area contributed by atoms with E-state index in [1.54, 1.807) is 4.90 Å². The normalized spacial score (nSPS) is 15.3. The second-order valence-corrected chi connectivity index (χ2v) is 6.90. The molecule has 0 saturated carbocycles. The number of benzene rings is 1. The van der Waals surface area contributed by atoms with E-state index >= 15 is 0 Å². The molecule has 7 nitrogen and oxygen atoms in total. The zero-order valence-electron chi connectivity index (χ0n) is 13.1. The van der Waals surface area contributed by atoms with Crippen LogP contribution in [-0.4, -0.2) is 68.1 Å². The molecule has 1 aromatic carbocycles. The van der Waals surface area contributed by atoms with Crippen LogP contribution in [0.1, 0.15) is 28.8 Å². The molecule has 24 heavy (non-hydrogen) atoms. The van der Waals surface area contributed by atoms with Crippen LogP contribution in [0.2, 0.25) is 0 Å². The molecule has 0 aromatic heterocycles. The fourth-order valence-corrected chi connectivity index (χ4v) is 3.64. The summed E-state index contributed by atoms with van der Waals surface area (Å²) < 4.78 is 0. The zero-order chi connectivity index (χ0) is 17.7. The van der Waals surface area contributed by atoms with Gasteiger partial charge in [-0.1, -0.05) is 12.1 Å². The van der Waals surface area contributed by atoms with Gasteiger partial charge in [-0.25, -0.2) is 4.79 Å². The maximum Gasteiger partial charge on any atom is 0.465 e. The van der Waals surface area contributed by atoms with Crippen molar-refractivity contribution in [1.82, 2.24) is 4.90 Å². The number of carboxylic acids is 1. The number of carbonyl (C=O) groups excluding carboxylic acids is 1. The van der Waals surface area contributed by atoms with Crippen LogP contribution in [0.3, 0.4) is 0 Å². The molecule has 1 aromatic rings. The lowest BCUT2D eigenvalue weighted by Crippen LogP contribution is -2.34. The Morgan fingerprint density at radius 2 is 1.92 bits per heavy atom. The van der Waals surface area contributed by atoms with E-state index in [0.29, 0.717) is 5.56 Å². The van der Waals surface area contributed by atoms with Crippen LogP contribution in [0.4, 0.5) is 0 Å². The molecule has 1 aliphatic rings. The number of aromatic carboxylic acids is 1. The van der Waals surface area contributed by atoms with Gasteiger partial charge < -0.3 is 25.2 Å². The number of nitrogens with zero attached hydrogens (tertiary/aromatic N) is 1. The lowest BCUT2D eigenvalue weighted by atomic mass is 9.81. The van der Waals surface area contributed by atoms with Crippen molar-refractivity contribution in [1.29, 1.82) is 0 Å². The molecule has 1 amide bonds. The predicted octanol–water partition coefficient (Wildman–Crippen LogP) is 0.369. The number of amides is 1. The fourth-order valence-electron chi connectivity index (χ4n) is 2.63. The van der Waals surface area contributed by atoms with Crippen molar-refractivity contribution in [2.75, 3.05) is 18.8 Å². The van der Waals surface area contributed by atoms with Gasteiger partial charge in [0.15, 0.2) is 0 Å². The first-order chi connectivity index (χ1) is 11.4. The van der Waals surface area contributed by atoms with E-state index < -0.39 is 18.2 Å². The summed E-state index contributed by atoms with van der Waals surface area (Å²) in [5.74, 6) is -1.58. The van der Waals surface area contributed by atoms with E-state index in [9.17, 15) is 24.7 Å². The number of para-hydroxylation sites is 1. The molecule has 1 heterocycles.